The van der Waals surface area contributed by atoms with E-state index in [1.54, 1.807) is 41.3 Å². The van der Waals surface area contributed by atoms with Crippen molar-refractivity contribution in [3.05, 3.63) is 63.6 Å². The lowest BCUT2D eigenvalue weighted by Gasteiger charge is -2.34. The average Bonchev–Trinajstić information content (AvgIpc) is 2.62. The fourth-order valence-electron chi connectivity index (χ4n) is 2.82. The fourth-order valence-corrected chi connectivity index (χ4v) is 4.74. The van der Waals surface area contributed by atoms with Crippen molar-refractivity contribution in [2.75, 3.05) is 26.2 Å². The third-order valence-corrected chi connectivity index (χ3v) is 6.81. The van der Waals surface area contributed by atoms with Gasteiger partial charge in [-0.2, -0.15) is 4.31 Å². The average molecular weight is 413 g/mol. The number of aryl methyl sites for hydroxylation is 1. The minimum Gasteiger partial charge on any atom is -0.336 e. The number of sulfonamides is 1. The molecule has 1 fully saturated rings. The Labute approximate surface area is 163 Å². The van der Waals surface area contributed by atoms with Crippen molar-refractivity contribution in [3.63, 3.8) is 0 Å². The number of piperazine rings is 1. The molecule has 0 unspecified atom stereocenters. The van der Waals surface area contributed by atoms with Crippen molar-refractivity contribution in [3.8, 4) is 0 Å². The van der Waals surface area contributed by atoms with Gasteiger partial charge in [-0.1, -0.05) is 40.9 Å². The standard InChI is InChI=1S/C18H18Cl2N2O3S/c1-13-2-5-15(6-3-13)26(24,25)22-10-8-21(9-11-22)18(23)16-7-4-14(19)12-17(16)20/h2-7,12H,8-11H2,1H3. The first-order valence-corrected chi connectivity index (χ1v) is 10.3. The second-order valence-electron chi connectivity index (χ2n) is 6.13. The minimum atomic E-state index is -3.55. The maximum atomic E-state index is 12.7. The van der Waals surface area contributed by atoms with Gasteiger partial charge in [0.25, 0.3) is 5.91 Å². The molecule has 1 saturated heterocycles. The number of hydrogen-bond donors (Lipinski definition) is 0. The largest absolute Gasteiger partial charge is 0.336 e. The molecule has 0 saturated carbocycles. The molecule has 138 valence electrons. The van der Waals surface area contributed by atoms with Crippen LogP contribution in [0.15, 0.2) is 47.4 Å². The summed E-state index contributed by atoms with van der Waals surface area (Å²) in [6, 6.07) is 11.5. The quantitative estimate of drug-likeness (QED) is 0.775. The highest BCUT2D eigenvalue weighted by atomic mass is 35.5. The van der Waals surface area contributed by atoms with Crippen LogP contribution in [-0.4, -0.2) is 49.7 Å². The van der Waals surface area contributed by atoms with Gasteiger partial charge in [-0.05, 0) is 37.3 Å². The van der Waals surface area contributed by atoms with Crippen LogP contribution in [0.1, 0.15) is 15.9 Å². The van der Waals surface area contributed by atoms with E-state index in [1.165, 1.54) is 10.4 Å². The van der Waals surface area contributed by atoms with Crippen molar-refractivity contribution >= 4 is 39.1 Å². The SMILES string of the molecule is Cc1ccc(S(=O)(=O)N2CCN(C(=O)c3ccc(Cl)cc3Cl)CC2)cc1. The molecule has 8 heteroatoms. The highest BCUT2D eigenvalue weighted by molar-refractivity contribution is 7.89. The molecule has 0 bridgehead atoms. The number of amides is 1. The Morgan fingerprint density at radius 3 is 2.15 bits per heavy atom. The molecule has 26 heavy (non-hydrogen) atoms. The summed E-state index contributed by atoms with van der Waals surface area (Å²) in [4.78, 5) is 14.5. The van der Waals surface area contributed by atoms with E-state index in [1.807, 2.05) is 6.92 Å². The molecule has 3 rings (SSSR count). The molecule has 1 amide bonds. The molecule has 5 nitrogen and oxygen atoms in total. The van der Waals surface area contributed by atoms with Gasteiger partial charge in [0.05, 0.1) is 15.5 Å². The molecule has 1 heterocycles. The second-order valence-corrected chi connectivity index (χ2v) is 8.92. The van der Waals surface area contributed by atoms with Crippen LogP contribution in [0.3, 0.4) is 0 Å². The molecule has 0 atom stereocenters. The normalized spacial score (nSPS) is 15.9. The van der Waals surface area contributed by atoms with E-state index in [2.05, 4.69) is 0 Å². The first kappa shape index (κ1) is 19.2. The number of halogens is 2. The van der Waals surface area contributed by atoms with E-state index in [0.717, 1.165) is 5.56 Å². The molecule has 1 aliphatic heterocycles. The molecule has 0 N–H and O–H groups in total. The van der Waals surface area contributed by atoms with Crippen LogP contribution in [0.25, 0.3) is 0 Å². The van der Waals surface area contributed by atoms with Gasteiger partial charge in [-0.25, -0.2) is 8.42 Å². The fraction of sp³-hybridized carbons (Fsp3) is 0.278. The number of carbonyl (C=O) groups is 1. The Bertz CT molecular complexity index is 922. The van der Waals surface area contributed by atoms with Crippen LogP contribution in [0, 0.1) is 6.92 Å². The van der Waals surface area contributed by atoms with Crippen molar-refractivity contribution in [1.82, 2.24) is 9.21 Å². The van der Waals surface area contributed by atoms with Crippen molar-refractivity contribution in [2.24, 2.45) is 0 Å². The van der Waals surface area contributed by atoms with Gasteiger partial charge in [0.2, 0.25) is 10.0 Å². The predicted molar refractivity (Wildman–Crippen MR) is 102 cm³/mol. The molecule has 2 aromatic rings. The van der Waals surface area contributed by atoms with Crippen LogP contribution in [-0.2, 0) is 10.0 Å². The van der Waals surface area contributed by atoms with Gasteiger partial charge in [0.15, 0.2) is 0 Å². The second kappa shape index (κ2) is 7.56. The highest BCUT2D eigenvalue weighted by Gasteiger charge is 2.30. The number of benzene rings is 2. The number of rotatable bonds is 3. The molecular formula is C18H18Cl2N2O3S. The lowest BCUT2D eigenvalue weighted by molar-refractivity contribution is 0.0698. The van der Waals surface area contributed by atoms with Crippen molar-refractivity contribution in [1.29, 1.82) is 0 Å². The van der Waals surface area contributed by atoms with Crippen LogP contribution < -0.4 is 0 Å². The summed E-state index contributed by atoms with van der Waals surface area (Å²) in [6.45, 7) is 3.01. The van der Waals surface area contributed by atoms with Crippen LogP contribution in [0.4, 0.5) is 0 Å². The molecule has 2 aromatic carbocycles. The zero-order chi connectivity index (χ0) is 18.9. The Morgan fingerprint density at radius 1 is 0.962 bits per heavy atom. The summed E-state index contributed by atoms with van der Waals surface area (Å²) in [6.07, 6.45) is 0. The van der Waals surface area contributed by atoms with Gasteiger partial charge in [-0.3, -0.25) is 4.79 Å². The molecule has 0 spiro atoms. The third-order valence-electron chi connectivity index (χ3n) is 4.35. The zero-order valence-electron chi connectivity index (χ0n) is 14.2. The molecular weight excluding hydrogens is 395 g/mol. The smallest absolute Gasteiger partial charge is 0.255 e. The monoisotopic (exact) mass is 412 g/mol. The van der Waals surface area contributed by atoms with E-state index < -0.39 is 10.0 Å². The van der Waals surface area contributed by atoms with Crippen LogP contribution >= 0.6 is 23.2 Å². The van der Waals surface area contributed by atoms with Crippen LogP contribution in [0.2, 0.25) is 10.0 Å². The lowest BCUT2D eigenvalue weighted by atomic mass is 10.2. The predicted octanol–water partition coefficient (Wildman–Crippen LogP) is 3.45. The van der Waals surface area contributed by atoms with Gasteiger partial charge in [0, 0.05) is 31.2 Å². The Morgan fingerprint density at radius 2 is 1.58 bits per heavy atom. The minimum absolute atomic E-state index is 0.223. The third kappa shape index (κ3) is 3.88. The molecule has 0 aromatic heterocycles. The summed E-state index contributed by atoms with van der Waals surface area (Å²) in [5, 5.41) is 0.748. The summed E-state index contributed by atoms with van der Waals surface area (Å²) < 4.78 is 26.9. The molecule has 1 aliphatic rings. The topological polar surface area (TPSA) is 57.7 Å². The van der Waals surface area contributed by atoms with Gasteiger partial charge in [-0.15, -0.1) is 0 Å². The van der Waals surface area contributed by atoms with Crippen LogP contribution in [0.5, 0.6) is 0 Å². The first-order valence-electron chi connectivity index (χ1n) is 8.10. The van der Waals surface area contributed by atoms with E-state index in [-0.39, 0.29) is 28.9 Å². The van der Waals surface area contributed by atoms with E-state index in [4.69, 9.17) is 23.2 Å². The summed E-state index contributed by atoms with van der Waals surface area (Å²) in [5.74, 6) is -0.223. The van der Waals surface area contributed by atoms with Gasteiger partial charge < -0.3 is 4.90 Å². The highest BCUT2D eigenvalue weighted by Crippen LogP contribution is 2.24. The number of hydrogen-bond acceptors (Lipinski definition) is 3. The molecule has 0 aliphatic carbocycles. The Kier molecular flexibility index (Phi) is 5.58. The van der Waals surface area contributed by atoms with Crippen molar-refractivity contribution < 1.29 is 13.2 Å². The Balaban J connectivity index is 1.70. The summed E-state index contributed by atoms with van der Waals surface area (Å²) in [7, 11) is -3.55. The van der Waals surface area contributed by atoms with E-state index >= 15 is 0 Å². The first-order chi connectivity index (χ1) is 12.3. The number of nitrogens with zero attached hydrogens (tertiary/aromatic N) is 2. The van der Waals surface area contributed by atoms with Gasteiger partial charge in [0.1, 0.15) is 0 Å². The summed E-state index contributed by atoms with van der Waals surface area (Å²) >= 11 is 12.0. The van der Waals surface area contributed by atoms with Crippen molar-refractivity contribution in [2.45, 2.75) is 11.8 Å². The zero-order valence-corrected chi connectivity index (χ0v) is 16.5. The summed E-state index contributed by atoms with van der Waals surface area (Å²) in [5.41, 5.74) is 1.37. The lowest BCUT2D eigenvalue weighted by Crippen LogP contribution is -2.50. The Hall–Kier alpha value is -1.60. The van der Waals surface area contributed by atoms with E-state index in [9.17, 15) is 13.2 Å². The van der Waals surface area contributed by atoms with Gasteiger partial charge >= 0.3 is 0 Å². The van der Waals surface area contributed by atoms with E-state index in [0.29, 0.717) is 23.7 Å². The molecule has 0 radical (unpaired) electrons. The number of carbonyl (C=O) groups excluding carboxylic acids is 1. The maximum Gasteiger partial charge on any atom is 0.255 e. The maximum absolute atomic E-state index is 12.7.